The molecule has 0 radical (unpaired) electrons. The molecule has 4 nitrogen and oxygen atoms in total. The summed E-state index contributed by atoms with van der Waals surface area (Å²) in [5, 5.41) is 0.331. The van der Waals surface area contributed by atoms with E-state index in [1.54, 1.807) is 6.07 Å². The van der Waals surface area contributed by atoms with Crippen LogP contribution < -0.4 is 9.46 Å². The molecule has 0 atom stereocenters. The second-order valence-electron chi connectivity index (χ2n) is 3.88. The van der Waals surface area contributed by atoms with Crippen LogP contribution in [0.5, 0.6) is 5.75 Å². The van der Waals surface area contributed by atoms with Crippen LogP contribution in [0.3, 0.4) is 0 Å². The number of methoxy groups -OCH3 is 1. The summed E-state index contributed by atoms with van der Waals surface area (Å²) in [6.07, 6.45) is 0. The minimum absolute atomic E-state index is 0.142. The maximum absolute atomic E-state index is 13.6. The highest BCUT2D eigenvalue weighted by atomic mass is 35.5. The SMILES string of the molecule is COc1ccc(Cl)cc1NS(=O)(=O)c1ccccc1F. The Bertz CT molecular complexity index is 734. The predicted molar refractivity (Wildman–Crippen MR) is 75.2 cm³/mol. The molecule has 0 saturated carbocycles. The van der Waals surface area contributed by atoms with Crippen LogP contribution in [-0.4, -0.2) is 15.5 Å². The minimum Gasteiger partial charge on any atom is -0.495 e. The number of anilines is 1. The predicted octanol–water partition coefficient (Wildman–Crippen LogP) is 3.29. The molecule has 0 aliphatic carbocycles. The lowest BCUT2D eigenvalue weighted by atomic mass is 10.3. The molecule has 0 heterocycles. The zero-order chi connectivity index (χ0) is 14.8. The van der Waals surface area contributed by atoms with Crippen molar-refractivity contribution in [2.75, 3.05) is 11.8 Å². The molecule has 2 rings (SSSR count). The van der Waals surface area contributed by atoms with Crippen molar-refractivity contribution in [2.24, 2.45) is 0 Å². The fourth-order valence-corrected chi connectivity index (χ4v) is 2.94. The fraction of sp³-hybridized carbons (Fsp3) is 0.0769. The van der Waals surface area contributed by atoms with Crippen LogP contribution in [-0.2, 0) is 10.0 Å². The first-order valence-corrected chi connectivity index (χ1v) is 7.41. The number of hydrogen-bond donors (Lipinski definition) is 1. The Labute approximate surface area is 121 Å². The van der Waals surface area contributed by atoms with Gasteiger partial charge in [-0.3, -0.25) is 4.72 Å². The first kappa shape index (κ1) is 14.6. The van der Waals surface area contributed by atoms with Gasteiger partial charge in [-0.2, -0.15) is 0 Å². The van der Waals surface area contributed by atoms with Crippen LogP contribution >= 0.6 is 11.6 Å². The second kappa shape index (κ2) is 5.68. The quantitative estimate of drug-likeness (QED) is 0.942. The van der Waals surface area contributed by atoms with Crippen molar-refractivity contribution in [3.8, 4) is 5.75 Å². The number of nitrogens with one attached hydrogen (secondary N) is 1. The van der Waals surface area contributed by atoms with Gasteiger partial charge in [0.25, 0.3) is 10.0 Å². The Morgan fingerprint density at radius 3 is 2.55 bits per heavy atom. The summed E-state index contributed by atoms with van der Waals surface area (Å²) < 4.78 is 45.2. The van der Waals surface area contributed by atoms with E-state index >= 15 is 0 Å². The molecule has 1 N–H and O–H groups in total. The molecule has 0 aliphatic heterocycles. The number of rotatable bonds is 4. The van der Waals surface area contributed by atoms with Gasteiger partial charge >= 0.3 is 0 Å². The first-order chi connectivity index (χ1) is 9.44. The van der Waals surface area contributed by atoms with Crippen LogP contribution in [0.25, 0.3) is 0 Å². The Hall–Kier alpha value is -1.79. The minimum atomic E-state index is -4.06. The first-order valence-electron chi connectivity index (χ1n) is 5.55. The Kier molecular flexibility index (Phi) is 4.15. The van der Waals surface area contributed by atoms with Crippen molar-refractivity contribution in [3.63, 3.8) is 0 Å². The topological polar surface area (TPSA) is 55.4 Å². The van der Waals surface area contributed by atoms with Gasteiger partial charge < -0.3 is 4.74 Å². The highest BCUT2D eigenvalue weighted by Crippen LogP contribution is 2.30. The summed E-state index contributed by atoms with van der Waals surface area (Å²) in [7, 11) is -2.66. The van der Waals surface area contributed by atoms with Gasteiger partial charge in [-0.1, -0.05) is 23.7 Å². The molecule has 106 valence electrons. The van der Waals surface area contributed by atoms with Gasteiger partial charge in [-0.15, -0.1) is 0 Å². The molecule has 0 aliphatic rings. The molecule has 2 aromatic rings. The summed E-state index contributed by atoms with van der Waals surface area (Å²) in [6, 6.07) is 9.56. The molecule has 2 aromatic carbocycles. The molecular weight excluding hydrogens is 305 g/mol. The van der Waals surface area contributed by atoms with Gasteiger partial charge in [-0.25, -0.2) is 12.8 Å². The van der Waals surface area contributed by atoms with Crippen molar-refractivity contribution in [1.29, 1.82) is 0 Å². The summed E-state index contributed by atoms with van der Waals surface area (Å²) in [6.45, 7) is 0. The fourth-order valence-electron chi connectivity index (χ4n) is 1.62. The van der Waals surface area contributed by atoms with Gasteiger partial charge in [0.2, 0.25) is 0 Å². The van der Waals surface area contributed by atoms with E-state index in [4.69, 9.17) is 16.3 Å². The molecule has 20 heavy (non-hydrogen) atoms. The highest BCUT2D eigenvalue weighted by molar-refractivity contribution is 7.92. The van der Waals surface area contributed by atoms with E-state index in [-0.39, 0.29) is 11.4 Å². The van der Waals surface area contributed by atoms with E-state index in [0.717, 1.165) is 6.07 Å². The normalized spacial score (nSPS) is 11.2. The third-order valence-electron chi connectivity index (χ3n) is 2.53. The van der Waals surface area contributed by atoms with E-state index in [2.05, 4.69) is 4.72 Å². The highest BCUT2D eigenvalue weighted by Gasteiger charge is 2.20. The van der Waals surface area contributed by atoms with Crippen LogP contribution in [0.1, 0.15) is 0 Å². The van der Waals surface area contributed by atoms with Crippen LogP contribution in [0.15, 0.2) is 47.4 Å². The number of halogens is 2. The number of ether oxygens (including phenoxy) is 1. The molecule has 0 aromatic heterocycles. The monoisotopic (exact) mass is 315 g/mol. The largest absolute Gasteiger partial charge is 0.495 e. The zero-order valence-electron chi connectivity index (χ0n) is 10.4. The van der Waals surface area contributed by atoms with Gasteiger partial charge in [0.05, 0.1) is 12.8 Å². The van der Waals surface area contributed by atoms with E-state index in [1.807, 2.05) is 0 Å². The van der Waals surface area contributed by atoms with Crippen LogP contribution in [0.4, 0.5) is 10.1 Å². The van der Waals surface area contributed by atoms with Crippen LogP contribution in [0, 0.1) is 5.82 Å². The lowest BCUT2D eigenvalue weighted by molar-refractivity contribution is 0.417. The third-order valence-corrected chi connectivity index (χ3v) is 4.17. The zero-order valence-corrected chi connectivity index (χ0v) is 12.0. The third kappa shape index (κ3) is 3.02. The summed E-state index contributed by atoms with van der Waals surface area (Å²) in [5.41, 5.74) is 0.142. The van der Waals surface area contributed by atoms with E-state index in [1.165, 1.54) is 37.4 Å². The summed E-state index contributed by atoms with van der Waals surface area (Å²) in [5.74, 6) is -0.546. The van der Waals surface area contributed by atoms with Gasteiger partial charge in [-0.05, 0) is 30.3 Å². The molecule has 0 saturated heterocycles. The maximum Gasteiger partial charge on any atom is 0.264 e. The van der Waals surface area contributed by atoms with Gasteiger partial charge in [0, 0.05) is 5.02 Å². The van der Waals surface area contributed by atoms with E-state index in [9.17, 15) is 12.8 Å². The molecular formula is C13H11ClFNO3S. The van der Waals surface area contributed by atoms with Crippen molar-refractivity contribution < 1.29 is 17.5 Å². The maximum atomic E-state index is 13.6. The smallest absolute Gasteiger partial charge is 0.264 e. The van der Waals surface area contributed by atoms with Crippen LogP contribution in [0.2, 0.25) is 5.02 Å². The molecule has 7 heteroatoms. The number of benzene rings is 2. The Morgan fingerprint density at radius 1 is 1.20 bits per heavy atom. The molecule has 0 unspecified atom stereocenters. The molecule has 0 amide bonds. The van der Waals surface area contributed by atoms with Crippen molar-refractivity contribution >= 4 is 27.3 Å². The average molecular weight is 316 g/mol. The van der Waals surface area contributed by atoms with E-state index in [0.29, 0.717) is 5.02 Å². The van der Waals surface area contributed by atoms with Crippen molar-refractivity contribution in [2.45, 2.75) is 4.90 Å². The van der Waals surface area contributed by atoms with Gasteiger partial charge in [0.15, 0.2) is 0 Å². The summed E-state index contributed by atoms with van der Waals surface area (Å²) in [4.78, 5) is -0.443. The molecule has 0 fully saturated rings. The molecule has 0 bridgehead atoms. The second-order valence-corrected chi connectivity index (χ2v) is 5.97. The molecule has 0 spiro atoms. The lowest BCUT2D eigenvalue weighted by Crippen LogP contribution is -2.15. The lowest BCUT2D eigenvalue weighted by Gasteiger charge is -2.12. The van der Waals surface area contributed by atoms with E-state index < -0.39 is 20.7 Å². The van der Waals surface area contributed by atoms with Gasteiger partial charge in [0.1, 0.15) is 16.5 Å². The number of sulfonamides is 1. The standard InChI is InChI=1S/C13H11ClFNO3S/c1-19-12-7-6-9(14)8-11(12)16-20(17,18)13-5-3-2-4-10(13)15/h2-8,16H,1H3. The van der Waals surface area contributed by atoms with Crippen molar-refractivity contribution in [3.05, 3.63) is 53.3 Å². The summed E-state index contributed by atoms with van der Waals surface area (Å²) >= 11 is 5.82. The average Bonchev–Trinajstić information content (AvgIpc) is 2.39. The van der Waals surface area contributed by atoms with Crippen molar-refractivity contribution in [1.82, 2.24) is 0 Å². The number of hydrogen-bond acceptors (Lipinski definition) is 3. The Morgan fingerprint density at radius 2 is 1.90 bits per heavy atom. The Balaban J connectivity index is 2.44.